The van der Waals surface area contributed by atoms with Gasteiger partial charge in [-0.2, -0.15) is 0 Å². The predicted molar refractivity (Wildman–Crippen MR) is 103 cm³/mol. The van der Waals surface area contributed by atoms with Gasteiger partial charge in [0.1, 0.15) is 17.3 Å². The Morgan fingerprint density at radius 3 is 2.62 bits per heavy atom. The van der Waals surface area contributed by atoms with E-state index in [9.17, 15) is 18.7 Å². The fourth-order valence-corrected chi connectivity index (χ4v) is 5.48. The first-order valence-electron chi connectivity index (χ1n) is 10.0. The third-order valence-corrected chi connectivity index (χ3v) is 6.84. The average molecular weight is 397 g/mol. The van der Waals surface area contributed by atoms with Gasteiger partial charge in [0.05, 0.1) is 24.0 Å². The summed E-state index contributed by atoms with van der Waals surface area (Å²) in [5.41, 5.74) is 2.17. The van der Waals surface area contributed by atoms with Crippen LogP contribution in [0.4, 0.5) is 8.78 Å². The van der Waals surface area contributed by atoms with E-state index in [-0.39, 0.29) is 11.8 Å². The summed E-state index contributed by atoms with van der Waals surface area (Å²) in [6.07, 6.45) is 8.33. The molecule has 3 aliphatic carbocycles. The predicted octanol–water partition coefficient (Wildman–Crippen LogP) is 4.58. The molecule has 7 heteroatoms. The number of nitrogens with one attached hydrogen (secondary N) is 1. The molecule has 0 radical (unpaired) electrons. The van der Waals surface area contributed by atoms with Crippen molar-refractivity contribution in [1.29, 1.82) is 0 Å². The number of carbonyl (C=O) groups is 1. The number of halogens is 2. The number of aliphatic carboxylic acids is 1. The lowest BCUT2D eigenvalue weighted by atomic mass is 9.57. The van der Waals surface area contributed by atoms with Crippen LogP contribution in [-0.2, 0) is 11.2 Å². The Balaban J connectivity index is 1.51. The van der Waals surface area contributed by atoms with Crippen molar-refractivity contribution in [2.45, 2.75) is 32.1 Å². The van der Waals surface area contributed by atoms with Crippen LogP contribution in [0.2, 0.25) is 0 Å². The lowest BCUT2D eigenvalue weighted by Gasteiger charge is -2.47. The van der Waals surface area contributed by atoms with Crippen LogP contribution in [0.25, 0.3) is 22.3 Å². The van der Waals surface area contributed by atoms with E-state index in [0.29, 0.717) is 40.2 Å². The minimum atomic E-state index is -0.766. The van der Waals surface area contributed by atoms with Gasteiger partial charge in [-0.1, -0.05) is 0 Å². The number of carboxylic acids is 1. The second-order valence-electron chi connectivity index (χ2n) is 8.32. The zero-order chi connectivity index (χ0) is 20.1. The number of fused-ring (bicyclic) bond motifs is 4. The summed E-state index contributed by atoms with van der Waals surface area (Å²) in [5, 5.41) is 10.4. The van der Waals surface area contributed by atoms with Gasteiger partial charge in [-0.25, -0.2) is 13.8 Å². The van der Waals surface area contributed by atoms with Crippen molar-refractivity contribution >= 4 is 17.0 Å². The normalized spacial score (nSPS) is 26.1. The van der Waals surface area contributed by atoms with Crippen LogP contribution in [0.15, 0.2) is 30.7 Å². The van der Waals surface area contributed by atoms with Crippen LogP contribution in [0.5, 0.6) is 0 Å². The lowest BCUT2D eigenvalue weighted by molar-refractivity contribution is -0.152. The summed E-state index contributed by atoms with van der Waals surface area (Å²) >= 11 is 0. The maximum atomic E-state index is 14.6. The Kier molecular flexibility index (Phi) is 4.33. The summed E-state index contributed by atoms with van der Waals surface area (Å²) in [4.78, 5) is 23.1. The smallest absolute Gasteiger partial charge is 0.307 e. The van der Waals surface area contributed by atoms with E-state index >= 15 is 0 Å². The highest BCUT2D eigenvalue weighted by atomic mass is 19.1. The number of aromatic nitrogens is 3. The Labute approximate surface area is 166 Å². The SMILES string of the molecule is O=C(O)[C@@H]1C2CCC(CC2)[C@H]1Cc1cc(-c2c[nH]c3ncc(F)cc23)ncc1F. The quantitative estimate of drug-likeness (QED) is 0.675. The van der Waals surface area contributed by atoms with E-state index in [1.165, 1.54) is 12.3 Å². The van der Waals surface area contributed by atoms with E-state index in [0.717, 1.165) is 31.9 Å². The van der Waals surface area contributed by atoms with Gasteiger partial charge >= 0.3 is 5.97 Å². The van der Waals surface area contributed by atoms with Gasteiger partial charge in [0.15, 0.2) is 0 Å². The standard InChI is InChI=1S/C22H21F2N3O2/c23-14-7-16-17(9-27-21(16)26-8-14)19-6-13(18(24)10-25-19)5-15-11-1-3-12(4-2-11)20(15)22(28)29/h6-12,15,20H,1-5H2,(H,26,27)(H,28,29)/t11?,12?,15-,20-/m1/s1. The van der Waals surface area contributed by atoms with Crippen molar-refractivity contribution in [2.75, 3.05) is 0 Å². The highest BCUT2D eigenvalue weighted by Gasteiger charge is 2.47. The molecule has 3 aromatic rings. The summed E-state index contributed by atoms with van der Waals surface area (Å²) in [7, 11) is 0. The van der Waals surface area contributed by atoms with Crippen LogP contribution in [-0.4, -0.2) is 26.0 Å². The van der Waals surface area contributed by atoms with Crippen LogP contribution < -0.4 is 0 Å². The van der Waals surface area contributed by atoms with Crippen molar-refractivity contribution < 1.29 is 18.7 Å². The second kappa shape index (κ2) is 6.90. The number of carboxylic acid groups (broad SMARTS) is 1. The maximum Gasteiger partial charge on any atom is 0.307 e. The molecule has 3 aromatic heterocycles. The molecule has 29 heavy (non-hydrogen) atoms. The van der Waals surface area contributed by atoms with E-state index in [4.69, 9.17) is 0 Å². The molecule has 3 fully saturated rings. The zero-order valence-corrected chi connectivity index (χ0v) is 15.7. The molecule has 3 saturated carbocycles. The molecule has 0 amide bonds. The monoisotopic (exact) mass is 397 g/mol. The van der Waals surface area contributed by atoms with Crippen LogP contribution in [0, 0.1) is 35.3 Å². The highest BCUT2D eigenvalue weighted by Crippen LogP contribution is 2.50. The molecule has 2 atom stereocenters. The summed E-state index contributed by atoms with van der Waals surface area (Å²) in [5.74, 6) is -1.61. The molecule has 6 rings (SSSR count). The van der Waals surface area contributed by atoms with Gasteiger partial charge in [-0.05, 0) is 67.6 Å². The number of aromatic amines is 1. The lowest BCUT2D eigenvalue weighted by Crippen LogP contribution is -2.45. The Morgan fingerprint density at radius 1 is 1.10 bits per heavy atom. The van der Waals surface area contributed by atoms with Crippen molar-refractivity contribution in [1.82, 2.24) is 15.0 Å². The number of rotatable bonds is 4. The van der Waals surface area contributed by atoms with Gasteiger partial charge in [-0.3, -0.25) is 9.78 Å². The molecule has 5 nitrogen and oxygen atoms in total. The fourth-order valence-electron chi connectivity index (χ4n) is 5.48. The number of H-pyrrole nitrogens is 1. The number of nitrogens with zero attached hydrogens (tertiary/aromatic N) is 2. The molecule has 0 aliphatic heterocycles. The first kappa shape index (κ1) is 18.2. The molecule has 0 saturated heterocycles. The van der Waals surface area contributed by atoms with Gasteiger partial charge in [0.2, 0.25) is 0 Å². The van der Waals surface area contributed by atoms with Crippen molar-refractivity contribution in [3.8, 4) is 11.3 Å². The maximum absolute atomic E-state index is 14.6. The van der Waals surface area contributed by atoms with Crippen LogP contribution >= 0.6 is 0 Å². The molecule has 2 bridgehead atoms. The average Bonchev–Trinajstić information content (AvgIpc) is 3.13. The highest BCUT2D eigenvalue weighted by molar-refractivity contribution is 5.92. The molecule has 3 heterocycles. The van der Waals surface area contributed by atoms with Crippen LogP contribution in [0.1, 0.15) is 31.2 Å². The van der Waals surface area contributed by atoms with Crippen molar-refractivity contribution in [2.24, 2.45) is 23.7 Å². The van der Waals surface area contributed by atoms with Crippen molar-refractivity contribution in [3.05, 3.63) is 47.9 Å². The molecular formula is C22H21F2N3O2. The van der Waals surface area contributed by atoms with Gasteiger partial charge in [-0.15, -0.1) is 0 Å². The molecule has 2 N–H and O–H groups in total. The minimum absolute atomic E-state index is 0.0631. The number of hydrogen-bond acceptors (Lipinski definition) is 3. The van der Waals surface area contributed by atoms with Gasteiger partial charge < -0.3 is 10.1 Å². The Hall–Kier alpha value is -2.83. The van der Waals surface area contributed by atoms with E-state index in [1.54, 1.807) is 12.3 Å². The third kappa shape index (κ3) is 3.09. The summed E-state index contributed by atoms with van der Waals surface area (Å²) in [6.45, 7) is 0. The third-order valence-electron chi connectivity index (χ3n) is 6.84. The first-order chi connectivity index (χ1) is 14.0. The topological polar surface area (TPSA) is 78.9 Å². The second-order valence-corrected chi connectivity index (χ2v) is 8.32. The Bertz CT molecular complexity index is 1090. The van der Waals surface area contributed by atoms with E-state index in [1.807, 2.05) is 0 Å². The molecule has 150 valence electrons. The van der Waals surface area contributed by atoms with Crippen molar-refractivity contribution in [3.63, 3.8) is 0 Å². The molecule has 0 spiro atoms. The first-order valence-corrected chi connectivity index (χ1v) is 10.0. The molecule has 3 aliphatic rings. The van der Waals surface area contributed by atoms with E-state index < -0.39 is 23.5 Å². The molecule has 0 unspecified atom stereocenters. The van der Waals surface area contributed by atoms with Gasteiger partial charge in [0.25, 0.3) is 0 Å². The summed E-state index contributed by atoms with van der Waals surface area (Å²) < 4.78 is 28.3. The van der Waals surface area contributed by atoms with Crippen LogP contribution in [0.3, 0.4) is 0 Å². The fraction of sp³-hybridized carbons (Fsp3) is 0.409. The molecular weight excluding hydrogens is 376 g/mol. The zero-order valence-electron chi connectivity index (χ0n) is 15.7. The number of hydrogen-bond donors (Lipinski definition) is 2. The van der Waals surface area contributed by atoms with Gasteiger partial charge in [0, 0.05) is 17.1 Å². The number of pyridine rings is 2. The summed E-state index contributed by atoms with van der Waals surface area (Å²) in [6, 6.07) is 3.05. The minimum Gasteiger partial charge on any atom is -0.481 e. The van der Waals surface area contributed by atoms with E-state index in [2.05, 4.69) is 15.0 Å². The Morgan fingerprint density at radius 2 is 1.86 bits per heavy atom. The molecule has 0 aromatic carbocycles. The largest absolute Gasteiger partial charge is 0.481 e.